The predicted molar refractivity (Wildman–Crippen MR) is 30.9 cm³/mol. The van der Waals surface area contributed by atoms with Crippen molar-refractivity contribution in [3.63, 3.8) is 0 Å². The Kier molecular flexibility index (Phi) is 1.05. The van der Waals surface area contributed by atoms with Crippen LogP contribution in [0.25, 0.3) is 0 Å². The molecule has 0 radical (unpaired) electrons. The van der Waals surface area contributed by atoms with Gasteiger partial charge in [-0.2, -0.15) is 0 Å². The van der Waals surface area contributed by atoms with Crippen LogP contribution < -0.4 is 5.32 Å². The summed E-state index contributed by atoms with van der Waals surface area (Å²) >= 11 is 0. The van der Waals surface area contributed by atoms with Crippen LogP contribution in [0.2, 0.25) is 0 Å². The SMILES string of the molecule is CN/C=C1\CC1C. The summed E-state index contributed by atoms with van der Waals surface area (Å²) in [5.41, 5.74) is 1.56. The van der Waals surface area contributed by atoms with Crippen LogP contribution in [0.3, 0.4) is 0 Å². The maximum Gasteiger partial charge on any atom is 0.00276 e. The molecule has 0 aliphatic heterocycles. The first-order valence-corrected chi connectivity index (χ1v) is 2.71. The molecule has 1 fully saturated rings. The Hall–Kier alpha value is -0.460. The molecule has 7 heavy (non-hydrogen) atoms. The van der Waals surface area contributed by atoms with Crippen molar-refractivity contribution in [3.8, 4) is 0 Å². The second-order valence-electron chi connectivity index (χ2n) is 2.11. The van der Waals surface area contributed by atoms with E-state index in [1.807, 2.05) is 7.05 Å². The van der Waals surface area contributed by atoms with Gasteiger partial charge in [-0.05, 0) is 18.5 Å². The van der Waals surface area contributed by atoms with Gasteiger partial charge < -0.3 is 5.32 Å². The van der Waals surface area contributed by atoms with Crippen molar-refractivity contribution >= 4 is 0 Å². The number of nitrogens with one attached hydrogen (secondary N) is 1. The molecule has 1 nitrogen and oxygen atoms in total. The summed E-state index contributed by atoms with van der Waals surface area (Å²) in [6.07, 6.45) is 3.39. The minimum atomic E-state index is 0.868. The van der Waals surface area contributed by atoms with E-state index in [1.165, 1.54) is 6.42 Å². The van der Waals surface area contributed by atoms with Gasteiger partial charge in [-0.15, -0.1) is 0 Å². The van der Waals surface area contributed by atoms with Gasteiger partial charge in [0.1, 0.15) is 0 Å². The van der Waals surface area contributed by atoms with Crippen LogP contribution in [0.4, 0.5) is 0 Å². The molecule has 1 rings (SSSR count). The van der Waals surface area contributed by atoms with Crippen LogP contribution in [-0.4, -0.2) is 7.05 Å². The number of hydrogen-bond acceptors (Lipinski definition) is 1. The first-order valence-electron chi connectivity index (χ1n) is 2.71. The standard InChI is InChI=1S/C6H11N/c1-5-3-6(5)4-7-2/h4-5,7H,3H2,1-2H3/b6-4+. The Bertz CT molecular complexity index is 94.4. The number of hydrogen-bond donors (Lipinski definition) is 1. The van der Waals surface area contributed by atoms with Gasteiger partial charge in [-0.3, -0.25) is 0 Å². The lowest BCUT2D eigenvalue weighted by molar-refractivity contribution is 1.01. The normalized spacial score (nSPS) is 33.4. The van der Waals surface area contributed by atoms with Crippen LogP contribution in [0.1, 0.15) is 13.3 Å². The molecular formula is C6H11N. The molecule has 0 heterocycles. The third-order valence-electron chi connectivity index (χ3n) is 1.34. The largest absolute Gasteiger partial charge is 0.394 e. The van der Waals surface area contributed by atoms with E-state index in [-0.39, 0.29) is 0 Å². The van der Waals surface area contributed by atoms with Crippen molar-refractivity contribution in [2.75, 3.05) is 7.05 Å². The summed E-state index contributed by atoms with van der Waals surface area (Å²) < 4.78 is 0. The Balaban J connectivity index is 2.30. The first-order chi connectivity index (χ1) is 3.34. The van der Waals surface area contributed by atoms with Crippen molar-refractivity contribution < 1.29 is 0 Å². The average Bonchev–Trinajstić information content (AvgIpc) is 2.22. The van der Waals surface area contributed by atoms with Crippen molar-refractivity contribution in [1.82, 2.24) is 5.32 Å². The summed E-state index contributed by atoms with van der Waals surface area (Å²) in [5, 5.41) is 3.00. The third-order valence-corrected chi connectivity index (χ3v) is 1.34. The number of allylic oxidation sites excluding steroid dienone is 1. The van der Waals surface area contributed by atoms with Gasteiger partial charge in [0.2, 0.25) is 0 Å². The fraction of sp³-hybridized carbons (Fsp3) is 0.667. The molecule has 0 aromatic carbocycles. The highest BCUT2D eigenvalue weighted by Crippen LogP contribution is 2.35. The van der Waals surface area contributed by atoms with E-state index >= 15 is 0 Å². The maximum atomic E-state index is 3.00. The minimum Gasteiger partial charge on any atom is -0.394 e. The highest BCUT2D eigenvalue weighted by atomic mass is 14.8. The lowest BCUT2D eigenvalue weighted by atomic mass is 10.5. The summed E-state index contributed by atoms with van der Waals surface area (Å²) in [6.45, 7) is 2.24. The molecule has 0 aromatic heterocycles. The zero-order valence-electron chi connectivity index (χ0n) is 4.86. The maximum absolute atomic E-state index is 3.00. The van der Waals surface area contributed by atoms with Gasteiger partial charge in [0.15, 0.2) is 0 Å². The van der Waals surface area contributed by atoms with Crippen LogP contribution >= 0.6 is 0 Å². The van der Waals surface area contributed by atoms with Crippen molar-refractivity contribution in [2.24, 2.45) is 5.92 Å². The molecule has 1 saturated carbocycles. The molecule has 40 valence electrons. The number of rotatable bonds is 1. The van der Waals surface area contributed by atoms with E-state index in [2.05, 4.69) is 18.4 Å². The highest BCUT2D eigenvalue weighted by molar-refractivity contribution is 5.20. The van der Waals surface area contributed by atoms with Crippen LogP contribution in [-0.2, 0) is 0 Å². The zero-order valence-corrected chi connectivity index (χ0v) is 4.86. The summed E-state index contributed by atoms with van der Waals surface area (Å²) in [7, 11) is 1.94. The van der Waals surface area contributed by atoms with Crippen molar-refractivity contribution in [2.45, 2.75) is 13.3 Å². The molecule has 1 aliphatic carbocycles. The van der Waals surface area contributed by atoms with E-state index in [9.17, 15) is 0 Å². The topological polar surface area (TPSA) is 12.0 Å². The summed E-state index contributed by atoms with van der Waals surface area (Å²) in [6, 6.07) is 0. The van der Waals surface area contributed by atoms with Crippen molar-refractivity contribution in [3.05, 3.63) is 11.8 Å². The predicted octanol–water partition coefficient (Wildman–Crippen LogP) is 1.13. The second-order valence-corrected chi connectivity index (χ2v) is 2.11. The minimum absolute atomic E-state index is 0.868. The van der Waals surface area contributed by atoms with Gasteiger partial charge in [-0.1, -0.05) is 12.5 Å². The van der Waals surface area contributed by atoms with E-state index in [4.69, 9.17) is 0 Å². The molecule has 1 aliphatic rings. The Morgan fingerprint density at radius 3 is 2.57 bits per heavy atom. The third kappa shape index (κ3) is 0.952. The van der Waals surface area contributed by atoms with Gasteiger partial charge in [0.05, 0.1) is 0 Å². The van der Waals surface area contributed by atoms with E-state index in [0.717, 1.165) is 5.92 Å². The molecule has 0 aromatic rings. The fourth-order valence-electron chi connectivity index (χ4n) is 0.681. The lowest BCUT2D eigenvalue weighted by Crippen LogP contribution is -1.90. The molecule has 1 heteroatoms. The average molecular weight is 97.2 g/mol. The monoisotopic (exact) mass is 97.1 g/mol. The van der Waals surface area contributed by atoms with Crippen LogP contribution in [0.15, 0.2) is 11.8 Å². The highest BCUT2D eigenvalue weighted by Gasteiger charge is 2.22. The summed E-state index contributed by atoms with van der Waals surface area (Å²) in [4.78, 5) is 0. The quantitative estimate of drug-likeness (QED) is 0.517. The van der Waals surface area contributed by atoms with E-state index in [0.29, 0.717) is 0 Å². The molecule has 1 N–H and O–H groups in total. The molecule has 1 unspecified atom stereocenters. The lowest BCUT2D eigenvalue weighted by Gasteiger charge is -1.78. The molecule has 1 atom stereocenters. The Morgan fingerprint density at radius 2 is 2.43 bits per heavy atom. The van der Waals surface area contributed by atoms with Gasteiger partial charge in [0, 0.05) is 7.05 Å². The molecule has 0 spiro atoms. The Labute approximate surface area is 44.4 Å². The second kappa shape index (κ2) is 1.57. The zero-order chi connectivity index (χ0) is 5.28. The van der Waals surface area contributed by atoms with Gasteiger partial charge >= 0.3 is 0 Å². The molecule has 0 amide bonds. The van der Waals surface area contributed by atoms with Gasteiger partial charge in [-0.25, -0.2) is 0 Å². The van der Waals surface area contributed by atoms with Crippen LogP contribution in [0.5, 0.6) is 0 Å². The molecule has 0 saturated heterocycles. The molecule has 0 bridgehead atoms. The first kappa shape index (κ1) is 4.69. The van der Waals surface area contributed by atoms with E-state index in [1.54, 1.807) is 5.57 Å². The van der Waals surface area contributed by atoms with Crippen LogP contribution in [0, 0.1) is 5.92 Å². The summed E-state index contributed by atoms with van der Waals surface area (Å²) in [5.74, 6) is 0.868. The fourth-order valence-corrected chi connectivity index (χ4v) is 0.681. The Morgan fingerprint density at radius 1 is 1.86 bits per heavy atom. The van der Waals surface area contributed by atoms with Crippen molar-refractivity contribution in [1.29, 1.82) is 0 Å². The molecular weight excluding hydrogens is 86.1 g/mol. The van der Waals surface area contributed by atoms with Gasteiger partial charge in [0.25, 0.3) is 0 Å². The van der Waals surface area contributed by atoms with E-state index < -0.39 is 0 Å². The smallest absolute Gasteiger partial charge is 0.00276 e.